The Hall–Kier alpha value is -1.35. The molecule has 0 unspecified atom stereocenters. The second-order valence-corrected chi connectivity index (χ2v) is 4.18. The molecule has 3 nitrogen and oxygen atoms in total. The van der Waals surface area contributed by atoms with Gasteiger partial charge in [0, 0.05) is 6.54 Å². The van der Waals surface area contributed by atoms with Crippen LogP contribution in [0.15, 0.2) is 30.3 Å². The van der Waals surface area contributed by atoms with Crippen molar-refractivity contribution in [3.63, 3.8) is 0 Å². The number of amides is 1. The number of benzene rings is 1. The van der Waals surface area contributed by atoms with Crippen LogP contribution in [0.25, 0.3) is 0 Å². The van der Waals surface area contributed by atoms with Gasteiger partial charge >= 0.3 is 0 Å². The number of nitrogens with zero attached hydrogens (tertiary/aromatic N) is 1. The Bertz CT molecular complexity index is 350. The highest BCUT2D eigenvalue weighted by molar-refractivity contribution is 5.76. The summed E-state index contributed by atoms with van der Waals surface area (Å²) in [6.45, 7) is 3.91. The minimum absolute atomic E-state index is 0.162. The third-order valence-corrected chi connectivity index (χ3v) is 2.87. The number of rotatable bonds is 2. The summed E-state index contributed by atoms with van der Waals surface area (Å²) in [5, 5.41) is 0. The number of hydrogen-bond acceptors (Lipinski definition) is 2. The van der Waals surface area contributed by atoms with Gasteiger partial charge in [0.2, 0.25) is 5.91 Å². The second kappa shape index (κ2) is 5.12. The molecule has 1 aromatic rings. The van der Waals surface area contributed by atoms with Crippen LogP contribution in [0.1, 0.15) is 18.9 Å². The molecule has 1 aliphatic heterocycles. The molecule has 86 valence electrons. The van der Waals surface area contributed by atoms with E-state index in [0.29, 0.717) is 26.2 Å². The van der Waals surface area contributed by atoms with Gasteiger partial charge in [-0.15, -0.1) is 0 Å². The Morgan fingerprint density at radius 1 is 1.38 bits per heavy atom. The molecule has 1 fully saturated rings. The lowest BCUT2D eigenvalue weighted by atomic mass is 10.2. The average molecular weight is 219 g/mol. The molecule has 2 rings (SSSR count). The maximum Gasteiger partial charge on any atom is 0.225 e. The van der Waals surface area contributed by atoms with Crippen LogP contribution >= 0.6 is 0 Å². The molecule has 1 aliphatic rings. The van der Waals surface area contributed by atoms with Crippen LogP contribution in [0.3, 0.4) is 0 Å². The van der Waals surface area contributed by atoms with E-state index < -0.39 is 0 Å². The van der Waals surface area contributed by atoms with Crippen LogP contribution in [0.5, 0.6) is 0 Å². The fourth-order valence-corrected chi connectivity index (χ4v) is 1.92. The maximum atomic E-state index is 11.9. The monoisotopic (exact) mass is 219 g/mol. The molecule has 16 heavy (non-hydrogen) atoms. The fraction of sp³-hybridized carbons (Fsp3) is 0.462. The highest BCUT2D eigenvalue weighted by Gasteiger charge is 2.23. The van der Waals surface area contributed by atoms with Gasteiger partial charge in [-0.3, -0.25) is 4.79 Å². The molecule has 0 aliphatic carbocycles. The first kappa shape index (κ1) is 11.1. The van der Waals surface area contributed by atoms with E-state index in [9.17, 15) is 4.79 Å². The standard InChI is InChI=1S/C13H17NO2/c1-11-10-16-8-7-13(15)14(11)9-12-5-3-2-4-6-12/h2-6,11H,7-10H2,1H3/t11-/m1/s1. The summed E-state index contributed by atoms with van der Waals surface area (Å²) in [5.41, 5.74) is 1.17. The molecule has 1 heterocycles. The van der Waals surface area contributed by atoms with Gasteiger partial charge in [0.25, 0.3) is 0 Å². The van der Waals surface area contributed by atoms with Gasteiger partial charge in [-0.2, -0.15) is 0 Å². The zero-order valence-electron chi connectivity index (χ0n) is 9.56. The Morgan fingerprint density at radius 2 is 2.12 bits per heavy atom. The fourth-order valence-electron chi connectivity index (χ4n) is 1.92. The number of hydrogen-bond donors (Lipinski definition) is 0. The van der Waals surface area contributed by atoms with E-state index in [-0.39, 0.29) is 11.9 Å². The average Bonchev–Trinajstić information content (AvgIpc) is 2.46. The Labute approximate surface area is 96.0 Å². The smallest absolute Gasteiger partial charge is 0.225 e. The van der Waals surface area contributed by atoms with Crippen molar-refractivity contribution in [3.8, 4) is 0 Å². The van der Waals surface area contributed by atoms with E-state index in [1.54, 1.807) is 0 Å². The van der Waals surface area contributed by atoms with Gasteiger partial charge in [0.05, 0.1) is 25.7 Å². The highest BCUT2D eigenvalue weighted by Crippen LogP contribution is 2.13. The molecule has 3 heteroatoms. The van der Waals surface area contributed by atoms with Crippen molar-refractivity contribution in [1.82, 2.24) is 4.90 Å². The predicted molar refractivity (Wildman–Crippen MR) is 61.9 cm³/mol. The van der Waals surface area contributed by atoms with Crippen molar-refractivity contribution in [2.75, 3.05) is 13.2 Å². The second-order valence-electron chi connectivity index (χ2n) is 4.18. The van der Waals surface area contributed by atoms with Crippen LogP contribution in [-0.2, 0) is 16.1 Å². The van der Waals surface area contributed by atoms with Crippen molar-refractivity contribution in [2.45, 2.75) is 25.9 Å². The topological polar surface area (TPSA) is 29.5 Å². The van der Waals surface area contributed by atoms with E-state index in [1.807, 2.05) is 42.2 Å². The molecule has 1 atom stereocenters. The van der Waals surface area contributed by atoms with Gasteiger partial charge in [0.15, 0.2) is 0 Å². The van der Waals surface area contributed by atoms with Gasteiger partial charge in [-0.25, -0.2) is 0 Å². The van der Waals surface area contributed by atoms with Crippen molar-refractivity contribution >= 4 is 5.91 Å². The van der Waals surface area contributed by atoms with Gasteiger partial charge in [-0.05, 0) is 12.5 Å². The largest absolute Gasteiger partial charge is 0.379 e. The summed E-state index contributed by atoms with van der Waals surface area (Å²) in [6.07, 6.45) is 0.497. The molecular weight excluding hydrogens is 202 g/mol. The summed E-state index contributed by atoms with van der Waals surface area (Å²) in [4.78, 5) is 13.8. The van der Waals surface area contributed by atoms with Crippen LogP contribution in [-0.4, -0.2) is 30.1 Å². The minimum atomic E-state index is 0.162. The molecule has 0 radical (unpaired) electrons. The number of carbonyl (C=O) groups excluding carboxylic acids is 1. The quantitative estimate of drug-likeness (QED) is 0.759. The first-order valence-electron chi connectivity index (χ1n) is 5.68. The molecule has 1 aromatic carbocycles. The number of carbonyl (C=O) groups is 1. The molecule has 0 aromatic heterocycles. The Morgan fingerprint density at radius 3 is 2.88 bits per heavy atom. The summed E-state index contributed by atoms with van der Waals surface area (Å²) in [7, 11) is 0. The summed E-state index contributed by atoms with van der Waals surface area (Å²) in [6, 6.07) is 10.2. The van der Waals surface area contributed by atoms with Crippen LogP contribution < -0.4 is 0 Å². The zero-order chi connectivity index (χ0) is 11.4. The van der Waals surface area contributed by atoms with E-state index in [0.717, 1.165) is 0 Å². The molecule has 1 saturated heterocycles. The van der Waals surface area contributed by atoms with Crippen LogP contribution in [0.4, 0.5) is 0 Å². The third-order valence-electron chi connectivity index (χ3n) is 2.87. The minimum Gasteiger partial charge on any atom is -0.379 e. The molecule has 0 spiro atoms. The SMILES string of the molecule is C[C@@H]1COCCC(=O)N1Cc1ccccc1. The van der Waals surface area contributed by atoms with Crippen LogP contribution in [0, 0.1) is 0 Å². The first-order chi connectivity index (χ1) is 7.77. The van der Waals surface area contributed by atoms with Crippen molar-refractivity contribution in [1.29, 1.82) is 0 Å². The molecular formula is C13H17NO2. The summed E-state index contributed by atoms with van der Waals surface area (Å²) < 4.78 is 5.38. The third kappa shape index (κ3) is 2.61. The molecule has 1 amide bonds. The van der Waals surface area contributed by atoms with Gasteiger partial charge < -0.3 is 9.64 Å². The normalized spacial score (nSPS) is 21.9. The molecule has 0 N–H and O–H groups in total. The van der Waals surface area contributed by atoms with E-state index in [1.165, 1.54) is 5.56 Å². The summed E-state index contributed by atoms with van der Waals surface area (Å²) in [5.74, 6) is 0.189. The number of ether oxygens (including phenoxy) is 1. The lowest BCUT2D eigenvalue weighted by Gasteiger charge is -2.26. The zero-order valence-corrected chi connectivity index (χ0v) is 9.56. The lowest BCUT2D eigenvalue weighted by Crippen LogP contribution is -2.38. The van der Waals surface area contributed by atoms with Gasteiger partial charge in [-0.1, -0.05) is 30.3 Å². The Balaban J connectivity index is 2.09. The predicted octanol–water partition coefficient (Wildman–Crippen LogP) is 1.82. The Kier molecular flexibility index (Phi) is 3.57. The molecule has 0 bridgehead atoms. The van der Waals surface area contributed by atoms with Crippen molar-refractivity contribution in [3.05, 3.63) is 35.9 Å². The first-order valence-corrected chi connectivity index (χ1v) is 5.68. The van der Waals surface area contributed by atoms with E-state index >= 15 is 0 Å². The molecule has 0 saturated carbocycles. The lowest BCUT2D eigenvalue weighted by molar-refractivity contribution is -0.132. The van der Waals surface area contributed by atoms with Gasteiger partial charge in [0.1, 0.15) is 0 Å². The summed E-state index contributed by atoms with van der Waals surface area (Å²) >= 11 is 0. The maximum absolute atomic E-state index is 11.9. The van der Waals surface area contributed by atoms with Crippen LogP contribution in [0.2, 0.25) is 0 Å². The van der Waals surface area contributed by atoms with Crippen molar-refractivity contribution in [2.24, 2.45) is 0 Å². The van der Waals surface area contributed by atoms with E-state index in [2.05, 4.69) is 0 Å². The van der Waals surface area contributed by atoms with Crippen molar-refractivity contribution < 1.29 is 9.53 Å². The van der Waals surface area contributed by atoms with E-state index in [4.69, 9.17) is 4.74 Å². The highest BCUT2D eigenvalue weighted by atomic mass is 16.5.